The van der Waals surface area contributed by atoms with Gasteiger partial charge in [-0.1, -0.05) is 13.0 Å². The average Bonchev–Trinajstić information content (AvgIpc) is 2.47. The molecule has 110 valence electrons. The first-order valence-electron chi connectivity index (χ1n) is 6.54. The van der Waals surface area contributed by atoms with Crippen molar-refractivity contribution in [2.45, 2.75) is 13.3 Å². The normalized spacial score (nSPS) is 10.2. The fraction of sp³-hybridized carbons (Fsp3) is 0.188. The van der Waals surface area contributed by atoms with E-state index in [2.05, 4.69) is 22.9 Å². The maximum atomic E-state index is 7.46. The van der Waals surface area contributed by atoms with Crippen molar-refractivity contribution < 1.29 is 9.47 Å². The zero-order valence-electron chi connectivity index (χ0n) is 11.9. The topological polar surface area (TPSA) is 68.3 Å². The summed E-state index contributed by atoms with van der Waals surface area (Å²) in [7, 11) is 1.62. The number of hydrogen-bond donors (Lipinski definition) is 2. The van der Waals surface area contributed by atoms with Crippen molar-refractivity contribution in [2.75, 3.05) is 7.11 Å². The summed E-state index contributed by atoms with van der Waals surface area (Å²) in [5, 5.41) is 7.46. The van der Waals surface area contributed by atoms with Crippen LogP contribution in [0.5, 0.6) is 17.2 Å². The summed E-state index contributed by atoms with van der Waals surface area (Å²) in [5.74, 6) is 2.01. The zero-order valence-corrected chi connectivity index (χ0v) is 13.5. The molecule has 0 saturated heterocycles. The van der Waals surface area contributed by atoms with Crippen LogP contribution in [0.1, 0.15) is 18.1 Å². The highest BCUT2D eigenvalue weighted by Gasteiger charge is 2.09. The van der Waals surface area contributed by atoms with Crippen molar-refractivity contribution in [2.24, 2.45) is 5.73 Å². The highest BCUT2D eigenvalue weighted by Crippen LogP contribution is 2.34. The number of hydrogen-bond acceptors (Lipinski definition) is 3. The van der Waals surface area contributed by atoms with Gasteiger partial charge in [-0.25, -0.2) is 0 Å². The van der Waals surface area contributed by atoms with E-state index < -0.39 is 0 Å². The summed E-state index contributed by atoms with van der Waals surface area (Å²) in [6, 6.07) is 11.2. The van der Waals surface area contributed by atoms with Crippen LogP contribution >= 0.6 is 15.9 Å². The molecular formula is C16H17BrN2O2. The summed E-state index contributed by atoms with van der Waals surface area (Å²) in [6.07, 6.45) is 0.940. The molecule has 2 aromatic carbocycles. The Labute approximate surface area is 132 Å². The molecule has 5 heteroatoms. The first-order valence-corrected chi connectivity index (χ1v) is 7.33. The van der Waals surface area contributed by atoms with Crippen LogP contribution in [0.3, 0.4) is 0 Å². The Bertz CT molecular complexity index is 671. The largest absolute Gasteiger partial charge is 0.493 e. The molecule has 2 aromatic rings. The highest BCUT2D eigenvalue weighted by atomic mass is 79.9. The third-order valence-electron chi connectivity index (χ3n) is 3.09. The predicted molar refractivity (Wildman–Crippen MR) is 87.6 cm³/mol. The Morgan fingerprint density at radius 2 is 1.95 bits per heavy atom. The number of methoxy groups -OCH3 is 1. The van der Waals surface area contributed by atoms with Crippen molar-refractivity contribution in [1.29, 1.82) is 5.41 Å². The minimum absolute atomic E-state index is 0.0123. The molecule has 0 heterocycles. The Hall–Kier alpha value is -2.01. The van der Waals surface area contributed by atoms with Gasteiger partial charge in [-0.2, -0.15) is 0 Å². The second-order valence-electron chi connectivity index (χ2n) is 4.50. The van der Waals surface area contributed by atoms with Crippen molar-refractivity contribution in [1.82, 2.24) is 0 Å². The standard InChI is InChI=1S/C16H17BrN2O2/c1-3-10-4-7-14(15(8-10)20-2)21-11-5-6-12(16(18)19)13(17)9-11/h4-9H,3H2,1-2H3,(H3,18,19). The van der Waals surface area contributed by atoms with E-state index in [1.54, 1.807) is 25.3 Å². The Morgan fingerprint density at radius 1 is 1.19 bits per heavy atom. The molecule has 0 aliphatic heterocycles. The maximum absolute atomic E-state index is 7.46. The summed E-state index contributed by atoms with van der Waals surface area (Å²) in [4.78, 5) is 0. The van der Waals surface area contributed by atoms with E-state index in [1.165, 1.54) is 5.56 Å². The number of aryl methyl sites for hydroxylation is 1. The number of rotatable bonds is 5. The van der Waals surface area contributed by atoms with Crippen LogP contribution < -0.4 is 15.2 Å². The van der Waals surface area contributed by atoms with E-state index >= 15 is 0 Å². The predicted octanol–water partition coefficient (Wildman–Crippen LogP) is 4.10. The van der Waals surface area contributed by atoms with Gasteiger partial charge in [0.05, 0.1) is 7.11 Å². The minimum Gasteiger partial charge on any atom is -0.493 e. The average molecular weight is 349 g/mol. The maximum Gasteiger partial charge on any atom is 0.169 e. The first kappa shape index (κ1) is 15.4. The molecule has 4 nitrogen and oxygen atoms in total. The molecule has 0 saturated carbocycles. The first-order chi connectivity index (χ1) is 10.0. The highest BCUT2D eigenvalue weighted by molar-refractivity contribution is 9.10. The lowest BCUT2D eigenvalue weighted by atomic mass is 10.1. The molecule has 0 amide bonds. The van der Waals surface area contributed by atoms with Gasteiger partial charge in [0.1, 0.15) is 11.6 Å². The molecule has 0 unspecified atom stereocenters. The van der Waals surface area contributed by atoms with E-state index in [1.807, 2.05) is 18.2 Å². The van der Waals surface area contributed by atoms with Crippen LogP contribution in [0.25, 0.3) is 0 Å². The fourth-order valence-electron chi connectivity index (χ4n) is 1.92. The van der Waals surface area contributed by atoms with E-state index in [9.17, 15) is 0 Å². The number of halogens is 1. The number of nitrogens with one attached hydrogen (secondary N) is 1. The van der Waals surface area contributed by atoms with Gasteiger partial charge < -0.3 is 15.2 Å². The van der Waals surface area contributed by atoms with E-state index in [0.717, 1.165) is 10.9 Å². The van der Waals surface area contributed by atoms with E-state index in [4.69, 9.17) is 20.6 Å². The van der Waals surface area contributed by atoms with Gasteiger partial charge in [0.25, 0.3) is 0 Å². The van der Waals surface area contributed by atoms with Crippen LogP contribution in [-0.2, 0) is 6.42 Å². The smallest absolute Gasteiger partial charge is 0.169 e. The van der Waals surface area contributed by atoms with Gasteiger partial charge >= 0.3 is 0 Å². The van der Waals surface area contributed by atoms with Crippen LogP contribution in [0.15, 0.2) is 40.9 Å². The third kappa shape index (κ3) is 3.55. The number of ether oxygens (including phenoxy) is 2. The van der Waals surface area contributed by atoms with Crippen LogP contribution in [0.2, 0.25) is 0 Å². The SMILES string of the molecule is CCc1ccc(Oc2ccc(C(=N)N)c(Br)c2)c(OC)c1. The molecule has 0 radical (unpaired) electrons. The molecule has 0 aliphatic carbocycles. The third-order valence-corrected chi connectivity index (χ3v) is 3.75. The van der Waals surface area contributed by atoms with Gasteiger partial charge in [-0.15, -0.1) is 0 Å². The number of nitrogen functional groups attached to an aromatic ring is 1. The summed E-state index contributed by atoms with van der Waals surface area (Å²) < 4.78 is 11.9. The van der Waals surface area contributed by atoms with Gasteiger partial charge in [-0.3, -0.25) is 5.41 Å². The van der Waals surface area contributed by atoms with Gasteiger partial charge in [0, 0.05) is 10.0 Å². The lowest BCUT2D eigenvalue weighted by Crippen LogP contribution is -2.11. The van der Waals surface area contributed by atoms with Crippen molar-refractivity contribution in [3.8, 4) is 17.2 Å². The van der Waals surface area contributed by atoms with Crippen molar-refractivity contribution in [3.05, 3.63) is 52.0 Å². The van der Waals surface area contributed by atoms with Crippen molar-refractivity contribution >= 4 is 21.8 Å². The molecule has 0 atom stereocenters. The summed E-state index contributed by atoms with van der Waals surface area (Å²) in [6.45, 7) is 2.09. The lowest BCUT2D eigenvalue weighted by Gasteiger charge is -2.12. The molecule has 0 spiro atoms. The van der Waals surface area contributed by atoms with Gasteiger partial charge in [0.2, 0.25) is 0 Å². The number of nitrogens with two attached hydrogens (primary N) is 1. The number of benzene rings is 2. The van der Waals surface area contributed by atoms with Crippen molar-refractivity contribution in [3.63, 3.8) is 0 Å². The monoisotopic (exact) mass is 348 g/mol. The summed E-state index contributed by atoms with van der Waals surface area (Å²) in [5.41, 5.74) is 7.31. The molecule has 21 heavy (non-hydrogen) atoms. The number of amidine groups is 1. The summed E-state index contributed by atoms with van der Waals surface area (Å²) >= 11 is 3.39. The van der Waals surface area contributed by atoms with Crippen LogP contribution in [0, 0.1) is 5.41 Å². The van der Waals surface area contributed by atoms with Gasteiger partial charge in [-0.05, 0) is 58.2 Å². The van der Waals surface area contributed by atoms with E-state index in [-0.39, 0.29) is 5.84 Å². The molecular weight excluding hydrogens is 332 g/mol. The molecule has 0 fully saturated rings. The Kier molecular flexibility index (Phi) is 4.85. The molecule has 0 aliphatic rings. The fourth-order valence-corrected chi connectivity index (χ4v) is 2.49. The Balaban J connectivity index is 2.30. The van der Waals surface area contributed by atoms with Gasteiger partial charge in [0.15, 0.2) is 11.5 Å². The minimum atomic E-state index is 0.0123. The molecule has 2 rings (SSSR count). The van der Waals surface area contributed by atoms with Crippen LogP contribution in [0.4, 0.5) is 0 Å². The second-order valence-corrected chi connectivity index (χ2v) is 5.35. The quantitative estimate of drug-likeness (QED) is 0.631. The Morgan fingerprint density at radius 3 is 2.52 bits per heavy atom. The molecule has 3 N–H and O–H groups in total. The van der Waals surface area contributed by atoms with E-state index in [0.29, 0.717) is 22.8 Å². The zero-order chi connectivity index (χ0) is 15.4. The molecule has 0 aromatic heterocycles. The molecule has 0 bridgehead atoms. The van der Waals surface area contributed by atoms with Crippen LogP contribution in [-0.4, -0.2) is 12.9 Å². The second kappa shape index (κ2) is 6.63. The lowest BCUT2D eigenvalue weighted by molar-refractivity contribution is 0.378.